The van der Waals surface area contributed by atoms with Crippen LogP contribution in [0.4, 0.5) is 4.39 Å². The topological polar surface area (TPSA) is 30.5 Å². The van der Waals surface area contributed by atoms with Crippen LogP contribution in [-0.2, 0) is 15.9 Å². The van der Waals surface area contributed by atoms with Gasteiger partial charge in [0, 0.05) is 6.54 Å². The Balaban J connectivity index is 1.60. The Hall–Kier alpha value is -1.75. The lowest BCUT2D eigenvalue weighted by atomic mass is 10.0. The average Bonchev–Trinajstić information content (AvgIpc) is 2.55. The van der Waals surface area contributed by atoms with Crippen LogP contribution in [0, 0.1) is 19.7 Å². The molecule has 0 aliphatic carbocycles. The molecule has 2 atom stereocenters. The molecular weight excluding hydrogens is 305 g/mol. The maximum absolute atomic E-state index is 13.1. The third-order valence-electron chi connectivity index (χ3n) is 4.20. The molecule has 0 spiro atoms. The molecule has 0 saturated carbocycles. The van der Waals surface area contributed by atoms with Crippen LogP contribution in [-0.4, -0.2) is 26.0 Å². The van der Waals surface area contributed by atoms with E-state index >= 15 is 0 Å². The summed E-state index contributed by atoms with van der Waals surface area (Å²) in [7, 11) is 0. The van der Waals surface area contributed by atoms with E-state index in [1.165, 1.54) is 28.8 Å². The van der Waals surface area contributed by atoms with Crippen molar-refractivity contribution >= 4 is 0 Å². The first-order valence-corrected chi connectivity index (χ1v) is 8.41. The summed E-state index contributed by atoms with van der Waals surface area (Å²) in [6.07, 6.45) is 0.494. The number of rotatable bonds is 5. The molecule has 4 heteroatoms. The molecule has 1 fully saturated rings. The predicted octanol–water partition coefficient (Wildman–Crippen LogP) is 3.69. The second kappa shape index (κ2) is 7.88. The fraction of sp³-hybridized carbons (Fsp3) is 0.400. The van der Waals surface area contributed by atoms with Gasteiger partial charge in [-0.1, -0.05) is 41.5 Å². The van der Waals surface area contributed by atoms with Gasteiger partial charge in [-0.3, -0.25) is 0 Å². The maximum atomic E-state index is 13.1. The average molecular weight is 329 g/mol. The Morgan fingerprint density at radius 3 is 2.54 bits per heavy atom. The molecule has 1 N–H and O–H groups in total. The molecule has 1 aliphatic rings. The largest absolute Gasteiger partial charge is 0.350 e. The number of halogens is 1. The molecule has 1 aliphatic heterocycles. The van der Waals surface area contributed by atoms with Crippen molar-refractivity contribution in [1.82, 2.24) is 5.32 Å². The number of nitrogens with one attached hydrogen (secondary N) is 1. The Kier molecular flexibility index (Phi) is 5.61. The van der Waals surface area contributed by atoms with Crippen LogP contribution in [0.15, 0.2) is 42.5 Å². The monoisotopic (exact) mass is 329 g/mol. The lowest BCUT2D eigenvalue weighted by molar-refractivity contribution is -0.176. The van der Waals surface area contributed by atoms with Gasteiger partial charge in [0.05, 0.1) is 19.3 Å². The van der Waals surface area contributed by atoms with Gasteiger partial charge in [-0.05, 0) is 43.5 Å². The van der Waals surface area contributed by atoms with Crippen molar-refractivity contribution in [3.8, 4) is 0 Å². The van der Waals surface area contributed by atoms with Crippen LogP contribution >= 0.6 is 0 Å². The first-order chi connectivity index (χ1) is 11.6. The molecule has 0 amide bonds. The number of ether oxygens (including phenoxy) is 2. The normalized spacial score (nSPS) is 21.0. The van der Waals surface area contributed by atoms with E-state index in [1.54, 1.807) is 12.1 Å². The van der Waals surface area contributed by atoms with Crippen LogP contribution in [0.3, 0.4) is 0 Å². The molecule has 1 saturated heterocycles. The van der Waals surface area contributed by atoms with Gasteiger partial charge in [0.25, 0.3) is 0 Å². The summed E-state index contributed by atoms with van der Waals surface area (Å²) in [5.74, 6) is -0.234. The second-order valence-corrected chi connectivity index (χ2v) is 6.34. The zero-order valence-corrected chi connectivity index (χ0v) is 14.2. The molecule has 0 unspecified atom stereocenters. The molecule has 0 bridgehead atoms. The standard InChI is InChI=1S/C20H24FNO2/c1-14-11-15(2)13-16(12-14)7-9-23-20-19(22-8-10-24-20)17-3-5-18(21)6-4-17/h3-6,11-13,19-20,22H,7-10H2,1-2H3/t19-,20+/m0/s1. The van der Waals surface area contributed by atoms with E-state index in [9.17, 15) is 4.39 Å². The minimum atomic E-state index is -0.352. The Morgan fingerprint density at radius 1 is 1.12 bits per heavy atom. The minimum Gasteiger partial charge on any atom is -0.350 e. The zero-order valence-electron chi connectivity index (χ0n) is 14.2. The van der Waals surface area contributed by atoms with E-state index in [2.05, 4.69) is 37.4 Å². The smallest absolute Gasteiger partial charge is 0.176 e. The highest BCUT2D eigenvalue weighted by Gasteiger charge is 2.27. The van der Waals surface area contributed by atoms with Crippen molar-refractivity contribution in [2.45, 2.75) is 32.6 Å². The number of aryl methyl sites for hydroxylation is 2. The molecule has 3 nitrogen and oxygen atoms in total. The fourth-order valence-corrected chi connectivity index (χ4v) is 3.18. The molecule has 3 rings (SSSR count). The number of hydrogen-bond donors (Lipinski definition) is 1. The van der Waals surface area contributed by atoms with Crippen molar-refractivity contribution in [2.75, 3.05) is 19.8 Å². The molecule has 24 heavy (non-hydrogen) atoms. The molecule has 0 aromatic heterocycles. The lowest BCUT2D eigenvalue weighted by Crippen LogP contribution is -2.43. The zero-order chi connectivity index (χ0) is 16.9. The molecular formula is C20H24FNO2. The van der Waals surface area contributed by atoms with Crippen LogP contribution in [0.5, 0.6) is 0 Å². The molecule has 128 valence electrons. The summed E-state index contributed by atoms with van der Waals surface area (Å²) >= 11 is 0. The van der Waals surface area contributed by atoms with E-state index in [0.717, 1.165) is 18.5 Å². The van der Waals surface area contributed by atoms with E-state index in [0.29, 0.717) is 13.2 Å². The van der Waals surface area contributed by atoms with E-state index in [4.69, 9.17) is 9.47 Å². The van der Waals surface area contributed by atoms with Crippen molar-refractivity contribution < 1.29 is 13.9 Å². The van der Waals surface area contributed by atoms with E-state index in [1.807, 2.05) is 0 Å². The summed E-state index contributed by atoms with van der Waals surface area (Å²) in [4.78, 5) is 0. The molecule has 2 aromatic carbocycles. The maximum Gasteiger partial charge on any atom is 0.176 e. The third kappa shape index (κ3) is 4.41. The van der Waals surface area contributed by atoms with Crippen molar-refractivity contribution in [2.24, 2.45) is 0 Å². The van der Waals surface area contributed by atoms with Crippen LogP contribution in [0.1, 0.15) is 28.3 Å². The highest BCUT2D eigenvalue weighted by Crippen LogP contribution is 2.23. The van der Waals surface area contributed by atoms with Gasteiger partial charge >= 0.3 is 0 Å². The van der Waals surface area contributed by atoms with Gasteiger partial charge in [0.15, 0.2) is 6.29 Å². The van der Waals surface area contributed by atoms with Crippen LogP contribution < -0.4 is 5.32 Å². The number of benzene rings is 2. The summed E-state index contributed by atoms with van der Waals surface area (Å²) < 4.78 is 24.9. The Morgan fingerprint density at radius 2 is 1.83 bits per heavy atom. The van der Waals surface area contributed by atoms with Gasteiger partial charge in [0.2, 0.25) is 0 Å². The quantitative estimate of drug-likeness (QED) is 0.907. The molecule has 2 aromatic rings. The van der Waals surface area contributed by atoms with Crippen LogP contribution in [0.2, 0.25) is 0 Å². The highest BCUT2D eigenvalue weighted by molar-refractivity contribution is 5.28. The van der Waals surface area contributed by atoms with Crippen molar-refractivity contribution in [1.29, 1.82) is 0 Å². The van der Waals surface area contributed by atoms with Gasteiger partial charge in [0.1, 0.15) is 5.82 Å². The molecule has 0 radical (unpaired) electrons. The van der Waals surface area contributed by atoms with Gasteiger partial charge in [-0.2, -0.15) is 0 Å². The fourth-order valence-electron chi connectivity index (χ4n) is 3.18. The van der Waals surface area contributed by atoms with Gasteiger partial charge in [-0.15, -0.1) is 0 Å². The summed E-state index contributed by atoms with van der Waals surface area (Å²) in [6.45, 7) is 6.18. The Bertz CT molecular complexity index is 652. The minimum absolute atomic E-state index is 0.0707. The van der Waals surface area contributed by atoms with Gasteiger partial charge in [-0.25, -0.2) is 4.39 Å². The SMILES string of the molecule is Cc1cc(C)cc(CCO[C@@H]2OCCN[C@H]2c2ccc(F)cc2)c1. The van der Waals surface area contributed by atoms with E-state index < -0.39 is 0 Å². The summed E-state index contributed by atoms with van der Waals surface area (Å²) in [5.41, 5.74) is 4.79. The van der Waals surface area contributed by atoms with Crippen molar-refractivity contribution in [3.05, 3.63) is 70.5 Å². The lowest BCUT2D eigenvalue weighted by Gasteiger charge is -2.33. The predicted molar refractivity (Wildman–Crippen MR) is 92.5 cm³/mol. The first-order valence-electron chi connectivity index (χ1n) is 8.41. The summed E-state index contributed by atoms with van der Waals surface area (Å²) in [5, 5.41) is 3.40. The number of hydrogen-bond acceptors (Lipinski definition) is 3. The second-order valence-electron chi connectivity index (χ2n) is 6.34. The van der Waals surface area contributed by atoms with E-state index in [-0.39, 0.29) is 18.1 Å². The highest BCUT2D eigenvalue weighted by atomic mass is 19.1. The summed E-state index contributed by atoms with van der Waals surface area (Å²) in [6, 6.07) is 13.0. The van der Waals surface area contributed by atoms with Crippen LogP contribution in [0.25, 0.3) is 0 Å². The van der Waals surface area contributed by atoms with Crippen molar-refractivity contribution in [3.63, 3.8) is 0 Å². The third-order valence-corrected chi connectivity index (χ3v) is 4.20. The van der Waals surface area contributed by atoms with Gasteiger partial charge < -0.3 is 14.8 Å². The first kappa shape index (κ1) is 17.1. The number of morpholine rings is 1. The molecule has 1 heterocycles. The Labute approximate surface area is 142 Å².